The number of hydrogen-bond donors (Lipinski definition) is 1. The molecular formula is C20H25N3O2. The first-order valence-electron chi connectivity index (χ1n) is 9.21. The number of benzene rings is 1. The SMILES string of the molecule is C[C@@H]1Cc2c(C(=O)N(Cc3ccccc3)C3CCC3)n[nH]c2[C@H](C)O1. The van der Waals surface area contributed by atoms with Gasteiger partial charge in [-0.05, 0) is 38.7 Å². The molecule has 0 radical (unpaired) electrons. The number of H-pyrrole nitrogens is 1. The van der Waals surface area contributed by atoms with Crippen molar-refractivity contribution in [3.05, 3.63) is 52.8 Å². The van der Waals surface area contributed by atoms with Crippen molar-refractivity contribution in [2.24, 2.45) is 0 Å². The second-order valence-corrected chi connectivity index (χ2v) is 7.26. The first-order valence-corrected chi connectivity index (χ1v) is 9.21. The second kappa shape index (κ2) is 6.64. The molecule has 0 unspecified atom stereocenters. The van der Waals surface area contributed by atoms with E-state index in [1.807, 2.05) is 36.9 Å². The molecule has 4 rings (SSSR count). The summed E-state index contributed by atoms with van der Waals surface area (Å²) in [4.78, 5) is 15.3. The highest BCUT2D eigenvalue weighted by atomic mass is 16.5. The summed E-state index contributed by atoms with van der Waals surface area (Å²) >= 11 is 0. The molecule has 0 saturated heterocycles. The minimum Gasteiger partial charge on any atom is -0.369 e. The molecule has 132 valence electrons. The monoisotopic (exact) mass is 339 g/mol. The molecule has 2 atom stereocenters. The van der Waals surface area contributed by atoms with E-state index in [9.17, 15) is 4.79 Å². The van der Waals surface area contributed by atoms with Crippen molar-refractivity contribution < 1.29 is 9.53 Å². The molecule has 2 aliphatic rings. The molecule has 2 heterocycles. The van der Waals surface area contributed by atoms with Crippen molar-refractivity contribution in [3.8, 4) is 0 Å². The van der Waals surface area contributed by atoms with Crippen LogP contribution in [0, 0.1) is 0 Å². The number of hydrogen-bond acceptors (Lipinski definition) is 3. The standard InChI is InChI=1S/C20H25N3O2/c1-13-11-17-18(14(2)25-13)21-22-19(17)20(24)23(16-9-6-10-16)12-15-7-4-3-5-8-15/h3-5,7-8,13-14,16H,6,9-12H2,1-2H3,(H,21,22)/t13-,14+/m1/s1. The van der Waals surface area contributed by atoms with Gasteiger partial charge in [-0.1, -0.05) is 30.3 Å². The second-order valence-electron chi connectivity index (χ2n) is 7.26. The van der Waals surface area contributed by atoms with E-state index >= 15 is 0 Å². The molecule has 1 aliphatic carbocycles. The van der Waals surface area contributed by atoms with E-state index in [1.54, 1.807) is 0 Å². The maximum absolute atomic E-state index is 13.3. The lowest BCUT2D eigenvalue weighted by Gasteiger charge is -2.37. The van der Waals surface area contributed by atoms with E-state index in [1.165, 1.54) is 6.42 Å². The summed E-state index contributed by atoms with van der Waals surface area (Å²) in [7, 11) is 0. The molecule has 1 aliphatic heterocycles. The summed E-state index contributed by atoms with van der Waals surface area (Å²) in [6.07, 6.45) is 4.17. The van der Waals surface area contributed by atoms with Crippen molar-refractivity contribution in [2.75, 3.05) is 0 Å². The average molecular weight is 339 g/mol. The molecule has 1 aromatic carbocycles. The van der Waals surface area contributed by atoms with Crippen LogP contribution in [0.2, 0.25) is 0 Å². The molecule has 1 fully saturated rings. The molecule has 0 bridgehead atoms. The van der Waals surface area contributed by atoms with Crippen LogP contribution in [-0.4, -0.2) is 33.2 Å². The van der Waals surface area contributed by atoms with Gasteiger partial charge in [0.15, 0.2) is 5.69 Å². The molecule has 5 heteroatoms. The van der Waals surface area contributed by atoms with E-state index in [0.717, 1.165) is 36.1 Å². The van der Waals surface area contributed by atoms with Crippen LogP contribution in [0.15, 0.2) is 30.3 Å². The Morgan fingerprint density at radius 1 is 1.28 bits per heavy atom. The summed E-state index contributed by atoms with van der Waals surface area (Å²) in [5, 5.41) is 7.44. The molecular weight excluding hydrogens is 314 g/mol. The molecule has 1 aromatic heterocycles. The van der Waals surface area contributed by atoms with Gasteiger partial charge < -0.3 is 9.64 Å². The van der Waals surface area contributed by atoms with Gasteiger partial charge in [-0.15, -0.1) is 0 Å². The van der Waals surface area contributed by atoms with Gasteiger partial charge in [0.2, 0.25) is 0 Å². The Kier molecular flexibility index (Phi) is 4.34. The number of nitrogens with one attached hydrogen (secondary N) is 1. The normalized spacial score (nSPS) is 23.0. The van der Waals surface area contributed by atoms with Gasteiger partial charge in [-0.3, -0.25) is 9.89 Å². The summed E-state index contributed by atoms with van der Waals surface area (Å²) in [5.74, 6) is 0.0485. The summed E-state index contributed by atoms with van der Waals surface area (Å²) in [6.45, 7) is 4.70. The van der Waals surface area contributed by atoms with E-state index in [2.05, 4.69) is 22.3 Å². The van der Waals surface area contributed by atoms with Crippen LogP contribution in [0.4, 0.5) is 0 Å². The minimum atomic E-state index is -0.0425. The minimum absolute atomic E-state index is 0.0425. The molecule has 1 saturated carbocycles. The van der Waals surface area contributed by atoms with Crippen LogP contribution in [0.3, 0.4) is 0 Å². The van der Waals surface area contributed by atoms with Gasteiger partial charge in [0.25, 0.3) is 5.91 Å². The number of aromatic amines is 1. The first-order chi connectivity index (χ1) is 12.1. The van der Waals surface area contributed by atoms with Gasteiger partial charge >= 0.3 is 0 Å². The fourth-order valence-electron chi connectivity index (χ4n) is 3.83. The van der Waals surface area contributed by atoms with Crippen molar-refractivity contribution in [1.82, 2.24) is 15.1 Å². The Morgan fingerprint density at radius 3 is 2.72 bits per heavy atom. The number of carbonyl (C=O) groups excluding carboxylic acids is 1. The predicted molar refractivity (Wildman–Crippen MR) is 95.2 cm³/mol. The molecule has 25 heavy (non-hydrogen) atoms. The Hall–Kier alpha value is -2.14. The smallest absolute Gasteiger partial charge is 0.275 e. The van der Waals surface area contributed by atoms with Crippen LogP contribution >= 0.6 is 0 Å². The molecule has 1 N–H and O–H groups in total. The van der Waals surface area contributed by atoms with Crippen LogP contribution < -0.4 is 0 Å². The van der Waals surface area contributed by atoms with E-state index in [-0.39, 0.29) is 18.1 Å². The van der Waals surface area contributed by atoms with Crippen molar-refractivity contribution in [1.29, 1.82) is 0 Å². The Morgan fingerprint density at radius 2 is 2.04 bits per heavy atom. The van der Waals surface area contributed by atoms with E-state index in [4.69, 9.17) is 4.74 Å². The fraction of sp³-hybridized carbons (Fsp3) is 0.500. The lowest BCUT2D eigenvalue weighted by atomic mass is 9.90. The molecule has 2 aromatic rings. The first kappa shape index (κ1) is 16.3. The van der Waals surface area contributed by atoms with Crippen LogP contribution in [0.5, 0.6) is 0 Å². The van der Waals surface area contributed by atoms with Crippen LogP contribution in [-0.2, 0) is 17.7 Å². The summed E-state index contributed by atoms with van der Waals surface area (Å²) in [5.41, 5.74) is 3.74. The lowest BCUT2D eigenvalue weighted by Crippen LogP contribution is -2.44. The highest BCUT2D eigenvalue weighted by molar-refractivity contribution is 5.94. The van der Waals surface area contributed by atoms with Crippen molar-refractivity contribution >= 4 is 5.91 Å². The third-order valence-corrected chi connectivity index (χ3v) is 5.41. The van der Waals surface area contributed by atoms with Gasteiger partial charge in [-0.2, -0.15) is 5.10 Å². The Bertz CT molecular complexity index is 752. The largest absolute Gasteiger partial charge is 0.369 e. The summed E-state index contributed by atoms with van der Waals surface area (Å²) < 4.78 is 5.85. The van der Waals surface area contributed by atoms with Gasteiger partial charge in [0, 0.05) is 24.6 Å². The van der Waals surface area contributed by atoms with Crippen molar-refractivity contribution in [3.63, 3.8) is 0 Å². The Labute approximate surface area is 148 Å². The molecule has 0 spiro atoms. The zero-order valence-electron chi connectivity index (χ0n) is 14.9. The zero-order chi connectivity index (χ0) is 17.4. The number of nitrogens with zero attached hydrogens (tertiary/aromatic N) is 2. The van der Waals surface area contributed by atoms with Gasteiger partial charge in [-0.25, -0.2) is 0 Å². The maximum atomic E-state index is 13.3. The average Bonchev–Trinajstić information content (AvgIpc) is 2.97. The molecule has 1 amide bonds. The number of rotatable bonds is 4. The third kappa shape index (κ3) is 3.09. The number of fused-ring (bicyclic) bond motifs is 1. The van der Waals surface area contributed by atoms with Crippen LogP contribution in [0.1, 0.15) is 66.5 Å². The Balaban J connectivity index is 1.63. The number of carbonyl (C=O) groups is 1. The van der Waals surface area contributed by atoms with Gasteiger partial charge in [0.05, 0.1) is 17.9 Å². The highest BCUT2D eigenvalue weighted by Crippen LogP contribution is 2.33. The summed E-state index contributed by atoms with van der Waals surface area (Å²) in [6, 6.07) is 10.5. The topological polar surface area (TPSA) is 58.2 Å². The number of aromatic nitrogens is 2. The lowest BCUT2D eigenvalue weighted by molar-refractivity contribution is -0.00707. The molecule has 5 nitrogen and oxygen atoms in total. The fourth-order valence-corrected chi connectivity index (χ4v) is 3.83. The quantitative estimate of drug-likeness (QED) is 0.925. The number of amides is 1. The van der Waals surface area contributed by atoms with Gasteiger partial charge in [0.1, 0.15) is 0 Å². The van der Waals surface area contributed by atoms with Crippen LogP contribution in [0.25, 0.3) is 0 Å². The zero-order valence-corrected chi connectivity index (χ0v) is 14.9. The maximum Gasteiger partial charge on any atom is 0.275 e. The number of ether oxygens (including phenoxy) is 1. The third-order valence-electron chi connectivity index (χ3n) is 5.41. The van der Waals surface area contributed by atoms with E-state index < -0.39 is 0 Å². The van der Waals surface area contributed by atoms with Crippen molar-refractivity contribution in [2.45, 2.75) is 64.3 Å². The van der Waals surface area contributed by atoms with E-state index in [0.29, 0.717) is 18.3 Å². The highest BCUT2D eigenvalue weighted by Gasteiger charge is 2.35. The predicted octanol–water partition coefficient (Wildman–Crippen LogP) is 3.63.